The maximum absolute atomic E-state index is 13.1. The lowest BCUT2D eigenvalue weighted by Crippen LogP contribution is -2.50. The Morgan fingerprint density at radius 2 is 1.58 bits per heavy atom. The SMILES string of the molecule is CC(C)CN(CC(=O)N1CCNCC1)S(=O)(=O)c1ccc(C(C)C)cc1.O=C(O)C(F)(F)F. The van der Waals surface area contributed by atoms with Crippen LogP contribution in [-0.2, 0) is 19.6 Å². The number of carbonyl (C=O) groups is 2. The fraction of sp³-hybridized carbons (Fsp3) is 0.619. The molecule has 0 aromatic heterocycles. The van der Waals surface area contributed by atoms with E-state index < -0.39 is 22.2 Å². The summed E-state index contributed by atoms with van der Waals surface area (Å²) in [5.74, 6) is -2.41. The van der Waals surface area contributed by atoms with E-state index in [0.717, 1.165) is 18.7 Å². The van der Waals surface area contributed by atoms with Crippen LogP contribution in [0.3, 0.4) is 0 Å². The van der Waals surface area contributed by atoms with Crippen molar-refractivity contribution < 1.29 is 36.3 Å². The summed E-state index contributed by atoms with van der Waals surface area (Å²) < 4.78 is 59.3. The Morgan fingerprint density at radius 1 is 1.09 bits per heavy atom. The molecule has 1 amide bonds. The molecule has 8 nitrogen and oxygen atoms in total. The molecule has 0 saturated carbocycles. The first-order valence-corrected chi connectivity index (χ1v) is 12.0. The number of amides is 1. The first-order valence-electron chi connectivity index (χ1n) is 10.5. The fourth-order valence-electron chi connectivity index (χ4n) is 2.99. The van der Waals surface area contributed by atoms with Crippen LogP contribution >= 0.6 is 0 Å². The van der Waals surface area contributed by atoms with Gasteiger partial charge in [-0.2, -0.15) is 17.5 Å². The molecule has 188 valence electrons. The predicted octanol–water partition coefficient (Wildman–Crippen LogP) is 2.52. The summed E-state index contributed by atoms with van der Waals surface area (Å²) in [6.07, 6.45) is -5.08. The summed E-state index contributed by atoms with van der Waals surface area (Å²) in [7, 11) is -3.70. The minimum atomic E-state index is -5.08. The number of halogens is 3. The van der Waals surface area contributed by atoms with Gasteiger partial charge in [0.15, 0.2) is 0 Å². The smallest absolute Gasteiger partial charge is 0.475 e. The molecular weight excluding hydrogens is 463 g/mol. The Balaban J connectivity index is 0.000000675. The second kappa shape index (κ2) is 12.3. The van der Waals surface area contributed by atoms with Crippen LogP contribution in [0.25, 0.3) is 0 Å². The van der Waals surface area contributed by atoms with Crippen LogP contribution in [0.1, 0.15) is 39.2 Å². The molecule has 12 heteroatoms. The van der Waals surface area contributed by atoms with Crippen LogP contribution in [-0.4, -0.2) is 80.1 Å². The third kappa shape index (κ3) is 9.30. The minimum Gasteiger partial charge on any atom is -0.475 e. The van der Waals surface area contributed by atoms with Gasteiger partial charge in [-0.15, -0.1) is 0 Å². The number of piperazine rings is 1. The highest BCUT2D eigenvalue weighted by molar-refractivity contribution is 7.89. The van der Waals surface area contributed by atoms with Gasteiger partial charge < -0.3 is 15.3 Å². The first kappa shape index (κ1) is 28.9. The largest absolute Gasteiger partial charge is 0.490 e. The van der Waals surface area contributed by atoms with Gasteiger partial charge in [-0.25, -0.2) is 13.2 Å². The van der Waals surface area contributed by atoms with Crippen molar-refractivity contribution in [2.45, 2.75) is 44.7 Å². The Morgan fingerprint density at radius 3 is 1.97 bits per heavy atom. The van der Waals surface area contributed by atoms with E-state index in [1.54, 1.807) is 17.0 Å². The molecular formula is C21H32F3N3O5S. The number of carbonyl (C=O) groups excluding carboxylic acids is 1. The van der Waals surface area contributed by atoms with Gasteiger partial charge in [0.1, 0.15) is 0 Å². The predicted molar refractivity (Wildman–Crippen MR) is 117 cm³/mol. The van der Waals surface area contributed by atoms with E-state index in [1.807, 2.05) is 26.0 Å². The zero-order valence-corrected chi connectivity index (χ0v) is 20.0. The number of benzene rings is 1. The molecule has 1 fully saturated rings. The molecule has 2 rings (SSSR count). The summed E-state index contributed by atoms with van der Waals surface area (Å²) in [5, 5.41) is 10.3. The first-order chi connectivity index (χ1) is 15.2. The van der Waals surface area contributed by atoms with Gasteiger partial charge in [0.2, 0.25) is 15.9 Å². The van der Waals surface area contributed by atoms with Gasteiger partial charge in [-0.1, -0.05) is 39.8 Å². The van der Waals surface area contributed by atoms with E-state index >= 15 is 0 Å². The number of carboxylic acid groups (broad SMARTS) is 1. The van der Waals surface area contributed by atoms with E-state index in [4.69, 9.17) is 9.90 Å². The summed E-state index contributed by atoms with van der Waals surface area (Å²) >= 11 is 0. The van der Waals surface area contributed by atoms with E-state index in [-0.39, 0.29) is 23.3 Å². The molecule has 1 aliphatic rings. The van der Waals surface area contributed by atoms with Crippen molar-refractivity contribution in [2.75, 3.05) is 39.3 Å². The van der Waals surface area contributed by atoms with Crippen molar-refractivity contribution in [2.24, 2.45) is 5.92 Å². The summed E-state index contributed by atoms with van der Waals surface area (Å²) in [6, 6.07) is 6.99. The minimum absolute atomic E-state index is 0.105. The Kier molecular flexibility index (Phi) is 10.8. The lowest BCUT2D eigenvalue weighted by molar-refractivity contribution is -0.192. The summed E-state index contributed by atoms with van der Waals surface area (Å²) in [4.78, 5) is 23.5. The van der Waals surface area contributed by atoms with E-state index in [1.165, 1.54) is 4.31 Å². The van der Waals surface area contributed by atoms with Crippen molar-refractivity contribution in [1.29, 1.82) is 0 Å². The number of nitrogens with zero attached hydrogens (tertiary/aromatic N) is 2. The highest BCUT2D eigenvalue weighted by atomic mass is 32.2. The number of hydrogen-bond acceptors (Lipinski definition) is 5. The van der Waals surface area contributed by atoms with Crippen molar-refractivity contribution >= 4 is 21.9 Å². The number of carboxylic acids is 1. The number of nitrogens with one attached hydrogen (secondary N) is 1. The van der Waals surface area contributed by atoms with Crippen LogP contribution in [0, 0.1) is 5.92 Å². The number of alkyl halides is 3. The zero-order valence-electron chi connectivity index (χ0n) is 19.2. The normalized spacial score (nSPS) is 14.9. The van der Waals surface area contributed by atoms with Crippen molar-refractivity contribution in [1.82, 2.24) is 14.5 Å². The van der Waals surface area contributed by atoms with Gasteiger partial charge in [0.25, 0.3) is 0 Å². The lowest BCUT2D eigenvalue weighted by atomic mass is 10.0. The molecule has 1 aromatic carbocycles. The summed E-state index contributed by atoms with van der Waals surface area (Å²) in [5.41, 5.74) is 1.09. The molecule has 0 spiro atoms. The van der Waals surface area contributed by atoms with Crippen molar-refractivity contribution in [3.8, 4) is 0 Å². The van der Waals surface area contributed by atoms with Gasteiger partial charge in [0.05, 0.1) is 11.4 Å². The number of rotatable bonds is 7. The van der Waals surface area contributed by atoms with Crippen LogP contribution in [0.15, 0.2) is 29.2 Å². The molecule has 1 aromatic rings. The van der Waals surface area contributed by atoms with Crippen LogP contribution < -0.4 is 5.32 Å². The van der Waals surface area contributed by atoms with E-state index in [0.29, 0.717) is 25.6 Å². The van der Waals surface area contributed by atoms with Gasteiger partial charge >= 0.3 is 12.1 Å². The van der Waals surface area contributed by atoms with Gasteiger partial charge in [-0.05, 0) is 29.5 Å². The Hall–Kier alpha value is -2.18. The van der Waals surface area contributed by atoms with Gasteiger partial charge in [-0.3, -0.25) is 4.79 Å². The Labute approximate surface area is 192 Å². The lowest BCUT2D eigenvalue weighted by Gasteiger charge is -2.30. The number of sulfonamides is 1. The molecule has 33 heavy (non-hydrogen) atoms. The summed E-state index contributed by atoms with van der Waals surface area (Å²) in [6.45, 7) is 11.0. The second-order valence-corrected chi connectivity index (χ2v) is 10.3. The van der Waals surface area contributed by atoms with E-state index in [9.17, 15) is 26.4 Å². The fourth-order valence-corrected chi connectivity index (χ4v) is 4.55. The average Bonchev–Trinajstić information content (AvgIpc) is 2.73. The monoisotopic (exact) mass is 495 g/mol. The van der Waals surface area contributed by atoms with Crippen molar-refractivity contribution in [3.05, 3.63) is 29.8 Å². The molecule has 1 saturated heterocycles. The molecule has 0 aliphatic carbocycles. The molecule has 0 radical (unpaired) electrons. The number of aliphatic carboxylic acids is 1. The second-order valence-electron chi connectivity index (χ2n) is 8.35. The average molecular weight is 496 g/mol. The van der Waals surface area contributed by atoms with Crippen LogP contribution in [0.5, 0.6) is 0 Å². The van der Waals surface area contributed by atoms with Crippen LogP contribution in [0.2, 0.25) is 0 Å². The molecule has 0 unspecified atom stereocenters. The molecule has 0 atom stereocenters. The van der Waals surface area contributed by atoms with Gasteiger partial charge in [0, 0.05) is 32.7 Å². The molecule has 0 bridgehead atoms. The zero-order chi connectivity index (χ0) is 25.4. The molecule has 2 N–H and O–H groups in total. The molecule has 1 aliphatic heterocycles. The highest BCUT2D eigenvalue weighted by Crippen LogP contribution is 2.21. The highest BCUT2D eigenvalue weighted by Gasteiger charge is 2.38. The third-order valence-electron chi connectivity index (χ3n) is 4.78. The quantitative estimate of drug-likeness (QED) is 0.602. The number of hydrogen-bond donors (Lipinski definition) is 2. The Bertz CT molecular complexity index is 881. The van der Waals surface area contributed by atoms with Crippen LogP contribution in [0.4, 0.5) is 13.2 Å². The topological polar surface area (TPSA) is 107 Å². The standard InChI is InChI=1S/C19H31N3O3S.C2HF3O2/c1-15(2)13-22(14-19(23)21-11-9-20-10-12-21)26(24,25)18-7-5-17(6-8-18)16(3)4;3-2(4,5)1(6)7/h5-8,15-16,20H,9-14H2,1-4H3;(H,6,7). The third-order valence-corrected chi connectivity index (χ3v) is 6.60. The maximum atomic E-state index is 13.1. The van der Waals surface area contributed by atoms with Crippen molar-refractivity contribution in [3.63, 3.8) is 0 Å². The maximum Gasteiger partial charge on any atom is 0.490 e. The molecule has 1 heterocycles. The van der Waals surface area contributed by atoms with E-state index in [2.05, 4.69) is 19.2 Å².